The summed E-state index contributed by atoms with van der Waals surface area (Å²) in [7, 11) is -3.66. The van der Waals surface area contributed by atoms with Crippen LogP contribution in [-0.4, -0.2) is 43.4 Å². The molecule has 0 aliphatic carbocycles. The highest BCUT2D eigenvalue weighted by Gasteiger charge is 2.40. The first-order valence-electron chi connectivity index (χ1n) is 6.56. The minimum atomic E-state index is -2.44. The predicted molar refractivity (Wildman–Crippen MR) is 76.8 cm³/mol. The van der Waals surface area contributed by atoms with E-state index in [1.807, 2.05) is 20.8 Å². The molecule has 0 atom stereocenters. The van der Waals surface area contributed by atoms with Gasteiger partial charge in [0, 0.05) is 25.9 Å². The summed E-state index contributed by atoms with van der Waals surface area (Å²) < 4.78 is 17.4. The zero-order valence-corrected chi connectivity index (χ0v) is 14.3. The lowest BCUT2D eigenvalue weighted by Crippen LogP contribution is -2.50. The quantitative estimate of drug-likeness (QED) is 0.624. The predicted octanol–water partition coefficient (Wildman–Crippen LogP) is 2.46. The Kier molecular flexibility index (Phi) is 8.52. The summed E-state index contributed by atoms with van der Waals surface area (Å²) in [5.74, 6) is 0. The van der Waals surface area contributed by atoms with Gasteiger partial charge in [0.15, 0.2) is 0 Å². The second-order valence-electron chi connectivity index (χ2n) is 4.91. The van der Waals surface area contributed by atoms with Crippen molar-refractivity contribution < 1.29 is 13.3 Å². The van der Waals surface area contributed by atoms with Crippen LogP contribution < -0.4 is 4.98 Å². The molecule has 0 aromatic heterocycles. The molecular formula is C11H29NO3Si2. The van der Waals surface area contributed by atoms with E-state index in [1.54, 1.807) is 0 Å². The Morgan fingerprint density at radius 3 is 1.53 bits per heavy atom. The summed E-state index contributed by atoms with van der Waals surface area (Å²) in [6, 6.07) is 0.854. The minimum Gasteiger partial charge on any atom is -0.374 e. The molecule has 0 saturated carbocycles. The molecule has 4 nitrogen and oxygen atoms in total. The van der Waals surface area contributed by atoms with Crippen molar-refractivity contribution >= 4 is 17.0 Å². The molecule has 1 N–H and O–H groups in total. The zero-order valence-electron chi connectivity index (χ0n) is 12.3. The van der Waals surface area contributed by atoms with Gasteiger partial charge in [0.05, 0.1) is 0 Å². The van der Waals surface area contributed by atoms with Gasteiger partial charge in [-0.15, -0.1) is 0 Å². The molecule has 104 valence electrons. The molecule has 0 spiro atoms. The molecule has 0 unspecified atom stereocenters. The Balaban J connectivity index is 4.33. The van der Waals surface area contributed by atoms with E-state index in [0.29, 0.717) is 19.8 Å². The molecule has 17 heavy (non-hydrogen) atoms. The standard InChI is InChI=1S/C11H29NO3Si2/c1-7-13-17(14-8-2,15-9-3)11-10-12-16(4,5)6/h12H,7-11H2,1-6H3. The highest BCUT2D eigenvalue weighted by Crippen LogP contribution is 2.15. The monoisotopic (exact) mass is 279 g/mol. The molecular weight excluding hydrogens is 250 g/mol. The van der Waals surface area contributed by atoms with Crippen molar-refractivity contribution in [2.24, 2.45) is 0 Å². The van der Waals surface area contributed by atoms with Gasteiger partial charge < -0.3 is 18.3 Å². The number of hydrogen-bond acceptors (Lipinski definition) is 4. The molecule has 0 aliphatic rings. The third-order valence-electron chi connectivity index (χ3n) is 2.18. The first kappa shape index (κ1) is 17.3. The van der Waals surface area contributed by atoms with Crippen molar-refractivity contribution in [3.63, 3.8) is 0 Å². The molecule has 0 rings (SSSR count). The highest BCUT2D eigenvalue weighted by molar-refractivity contribution is 6.73. The number of nitrogens with one attached hydrogen (secondary N) is 1. The van der Waals surface area contributed by atoms with Crippen molar-refractivity contribution in [1.29, 1.82) is 0 Å². The number of hydrogen-bond donors (Lipinski definition) is 1. The van der Waals surface area contributed by atoms with E-state index >= 15 is 0 Å². The fourth-order valence-corrected chi connectivity index (χ4v) is 5.15. The molecule has 0 bridgehead atoms. The van der Waals surface area contributed by atoms with E-state index in [1.165, 1.54) is 0 Å². The van der Waals surface area contributed by atoms with E-state index in [4.69, 9.17) is 13.3 Å². The van der Waals surface area contributed by atoms with Crippen molar-refractivity contribution in [1.82, 2.24) is 4.98 Å². The van der Waals surface area contributed by atoms with E-state index in [-0.39, 0.29) is 0 Å². The van der Waals surface area contributed by atoms with Crippen LogP contribution in [0.4, 0.5) is 0 Å². The van der Waals surface area contributed by atoms with Crippen LogP contribution in [0.3, 0.4) is 0 Å². The Bertz CT molecular complexity index is 181. The molecule has 0 radical (unpaired) electrons. The van der Waals surface area contributed by atoms with E-state index in [9.17, 15) is 0 Å². The summed E-state index contributed by atoms with van der Waals surface area (Å²) >= 11 is 0. The lowest BCUT2D eigenvalue weighted by molar-refractivity contribution is 0.0717. The maximum Gasteiger partial charge on any atom is 0.502 e. The second kappa shape index (κ2) is 8.39. The zero-order chi connectivity index (χ0) is 13.4. The van der Waals surface area contributed by atoms with Crippen LogP contribution in [0, 0.1) is 0 Å². The van der Waals surface area contributed by atoms with E-state index in [0.717, 1.165) is 12.6 Å². The maximum absolute atomic E-state index is 5.80. The van der Waals surface area contributed by atoms with Gasteiger partial charge in [-0.25, -0.2) is 0 Å². The van der Waals surface area contributed by atoms with Gasteiger partial charge in [-0.1, -0.05) is 19.6 Å². The lowest BCUT2D eigenvalue weighted by Gasteiger charge is -2.29. The van der Waals surface area contributed by atoms with Crippen LogP contribution in [0.15, 0.2) is 0 Å². The van der Waals surface area contributed by atoms with Gasteiger partial charge in [-0.3, -0.25) is 0 Å². The van der Waals surface area contributed by atoms with Gasteiger partial charge in [0.25, 0.3) is 0 Å². The number of rotatable bonds is 10. The Hall–Kier alpha value is 0.274. The van der Waals surface area contributed by atoms with Crippen LogP contribution in [0.25, 0.3) is 0 Å². The van der Waals surface area contributed by atoms with Crippen molar-refractivity contribution in [3.8, 4) is 0 Å². The third-order valence-corrected chi connectivity index (χ3v) is 6.54. The molecule has 0 fully saturated rings. The Morgan fingerprint density at radius 1 is 0.824 bits per heavy atom. The van der Waals surface area contributed by atoms with Gasteiger partial charge in [0.1, 0.15) is 8.24 Å². The van der Waals surface area contributed by atoms with Crippen LogP contribution in [0.2, 0.25) is 25.7 Å². The molecule has 6 heteroatoms. The summed E-state index contributed by atoms with van der Waals surface area (Å²) in [5.41, 5.74) is 0. The summed E-state index contributed by atoms with van der Waals surface area (Å²) in [6.07, 6.45) is 0. The smallest absolute Gasteiger partial charge is 0.374 e. The summed E-state index contributed by atoms with van der Waals surface area (Å²) in [6.45, 7) is 15.7. The fourth-order valence-electron chi connectivity index (χ4n) is 1.59. The lowest BCUT2D eigenvalue weighted by atomic mass is 10.8. The van der Waals surface area contributed by atoms with Crippen LogP contribution in [0.5, 0.6) is 0 Å². The van der Waals surface area contributed by atoms with E-state index in [2.05, 4.69) is 24.6 Å². The van der Waals surface area contributed by atoms with Crippen LogP contribution in [-0.2, 0) is 13.3 Å². The molecule has 0 amide bonds. The highest BCUT2D eigenvalue weighted by atomic mass is 28.4. The Morgan fingerprint density at radius 2 is 1.24 bits per heavy atom. The summed E-state index contributed by atoms with van der Waals surface area (Å²) in [4.78, 5) is 3.59. The largest absolute Gasteiger partial charge is 0.502 e. The van der Waals surface area contributed by atoms with Crippen molar-refractivity contribution in [2.75, 3.05) is 26.4 Å². The first-order chi connectivity index (χ1) is 7.89. The average Bonchev–Trinajstić information content (AvgIpc) is 2.16. The van der Waals surface area contributed by atoms with Crippen molar-refractivity contribution in [2.45, 2.75) is 46.5 Å². The summed E-state index contributed by atoms with van der Waals surface area (Å²) in [5, 5.41) is 0. The maximum atomic E-state index is 5.80. The van der Waals surface area contributed by atoms with Crippen LogP contribution >= 0.6 is 0 Å². The fraction of sp³-hybridized carbons (Fsp3) is 1.00. The molecule has 0 heterocycles. The molecule has 0 aliphatic heterocycles. The molecule has 0 aromatic rings. The SMILES string of the molecule is CCO[Si](CCN[Si](C)(C)C)(OCC)OCC. The van der Waals surface area contributed by atoms with Gasteiger partial charge in [-0.2, -0.15) is 0 Å². The second-order valence-corrected chi connectivity index (χ2v) is 12.5. The topological polar surface area (TPSA) is 39.7 Å². The van der Waals surface area contributed by atoms with Gasteiger partial charge in [0.2, 0.25) is 0 Å². The van der Waals surface area contributed by atoms with E-state index < -0.39 is 17.0 Å². The van der Waals surface area contributed by atoms with Crippen molar-refractivity contribution in [3.05, 3.63) is 0 Å². The normalized spacial score (nSPS) is 13.1. The third kappa shape index (κ3) is 8.07. The molecule has 0 saturated heterocycles. The average molecular weight is 280 g/mol. The molecule has 0 aromatic carbocycles. The van der Waals surface area contributed by atoms with Gasteiger partial charge >= 0.3 is 8.80 Å². The van der Waals surface area contributed by atoms with Gasteiger partial charge in [-0.05, 0) is 27.3 Å². The Labute approximate surface area is 108 Å². The van der Waals surface area contributed by atoms with Crippen LogP contribution in [0.1, 0.15) is 20.8 Å². The first-order valence-corrected chi connectivity index (χ1v) is 12.0. The minimum absolute atomic E-state index is 0.652.